The van der Waals surface area contributed by atoms with Crippen molar-refractivity contribution in [1.29, 1.82) is 0 Å². The first kappa shape index (κ1) is 19.4. The maximum atomic E-state index is 12.2. The third-order valence-corrected chi connectivity index (χ3v) is 5.82. The molecule has 0 spiro atoms. The van der Waals surface area contributed by atoms with Crippen molar-refractivity contribution in [2.45, 2.75) is 31.5 Å². The lowest BCUT2D eigenvalue weighted by atomic mass is 10.1. The number of hydrogen-bond acceptors (Lipinski definition) is 6. The fourth-order valence-electron chi connectivity index (χ4n) is 2.64. The van der Waals surface area contributed by atoms with Crippen LogP contribution in [-0.4, -0.2) is 21.9 Å². The molecule has 0 bridgehead atoms. The summed E-state index contributed by atoms with van der Waals surface area (Å²) in [4.78, 5) is 12.2. The Kier molecular flexibility index (Phi) is 6.47. The third-order valence-electron chi connectivity index (χ3n) is 3.85. The van der Waals surface area contributed by atoms with Crippen LogP contribution < -0.4 is 10.6 Å². The predicted molar refractivity (Wildman–Crippen MR) is 114 cm³/mol. The molecule has 0 saturated heterocycles. The van der Waals surface area contributed by atoms with Gasteiger partial charge in [-0.15, -0.1) is 10.2 Å². The number of nitrogens with one attached hydrogen (secondary N) is 2. The Morgan fingerprint density at radius 3 is 2.41 bits per heavy atom. The van der Waals surface area contributed by atoms with Crippen LogP contribution in [0.25, 0.3) is 0 Å². The van der Waals surface area contributed by atoms with Crippen molar-refractivity contribution < 1.29 is 4.79 Å². The van der Waals surface area contributed by atoms with E-state index in [1.807, 2.05) is 38.1 Å². The minimum Gasteiger partial charge on any atom is -0.330 e. The molecule has 3 rings (SSSR count). The molecular formula is C20H22N4OS2. The van der Waals surface area contributed by atoms with Gasteiger partial charge in [-0.1, -0.05) is 48.2 Å². The van der Waals surface area contributed by atoms with Crippen molar-refractivity contribution >= 4 is 45.5 Å². The molecule has 7 heteroatoms. The van der Waals surface area contributed by atoms with Crippen molar-refractivity contribution in [3.05, 3.63) is 59.2 Å². The summed E-state index contributed by atoms with van der Waals surface area (Å²) in [6, 6.07) is 14.3. The Labute approximate surface area is 167 Å². The number of hydrogen-bond donors (Lipinski definition) is 2. The van der Waals surface area contributed by atoms with Gasteiger partial charge in [-0.2, -0.15) is 0 Å². The lowest BCUT2D eigenvalue weighted by Crippen LogP contribution is -2.14. The summed E-state index contributed by atoms with van der Waals surface area (Å²) in [7, 11) is 0. The van der Waals surface area contributed by atoms with Gasteiger partial charge in [-0.05, 0) is 61.2 Å². The molecule has 0 radical (unpaired) electrons. The molecule has 0 aliphatic carbocycles. The van der Waals surface area contributed by atoms with Gasteiger partial charge in [0.15, 0.2) is 4.34 Å². The smallest absolute Gasteiger partial charge is 0.234 e. The van der Waals surface area contributed by atoms with E-state index in [1.165, 1.54) is 28.7 Å². The number of carbonyl (C=O) groups is 1. The lowest BCUT2D eigenvalue weighted by Gasteiger charge is -2.06. The predicted octanol–water partition coefficient (Wildman–Crippen LogP) is 5.19. The minimum atomic E-state index is -0.0511. The zero-order valence-corrected chi connectivity index (χ0v) is 17.2. The monoisotopic (exact) mass is 398 g/mol. The number of rotatable bonds is 7. The molecule has 1 amide bonds. The van der Waals surface area contributed by atoms with Gasteiger partial charge in [0.25, 0.3) is 0 Å². The molecule has 1 heterocycles. The van der Waals surface area contributed by atoms with Crippen LogP contribution in [0.3, 0.4) is 0 Å². The van der Waals surface area contributed by atoms with Crippen LogP contribution in [0.5, 0.6) is 0 Å². The Morgan fingerprint density at radius 1 is 1.04 bits per heavy atom. The van der Waals surface area contributed by atoms with Gasteiger partial charge in [0.2, 0.25) is 11.0 Å². The molecule has 0 saturated carbocycles. The molecule has 3 aromatic rings. The van der Waals surface area contributed by atoms with E-state index in [9.17, 15) is 4.79 Å². The summed E-state index contributed by atoms with van der Waals surface area (Å²) < 4.78 is 0.762. The fourth-order valence-corrected chi connectivity index (χ4v) is 4.21. The summed E-state index contributed by atoms with van der Waals surface area (Å²) in [5.41, 5.74) is 5.36. The summed E-state index contributed by atoms with van der Waals surface area (Å²) in [5, 5.41) is 15.2. The molecule has 2 N–H and O–H groups in total. The topological polar surface area (TPSA) is 66.9 Å². The number of anilines is 3. The molecule has 27 heavy (non-hydrogen) atoms. The zero-order valence-electron chi connectivity index (χ0n) is 15.6. The number of aromatic nitrogens is 2. The number of nitrogens with zero attached hydrogens (tertiary/aromatic N) is 2. The molecule has 0 fully saturated rings. The average Bonchev–Trinajstić information content (AvgIpc) is 3.07. The number of thioether (sulfide) groups is 1. The van der Waals surface area contributed by atoms with Crippen LogP contribution in [0.2, 0.25) is 0 Å². The van der Waals surface area contributed by atoms with Gasteiger partial charge >= 0.3 is 0 Å². The molecule has 0 atom stereocenters. The number of carbonyl (C=O) groups excluding carboxylic acids is 1. The first-order valence-corrected chi connectivity index (χ1v) is 10.5. The van der Waals surface area contributed by atoms with Crippen molar-refractivity contribution in [3.63, 3.8) is 0 Å². The van der Waals surface area contributed by atoms with Gasteiger partial charge in [0.1, 0.15) is 0 Å². The van der Waals surface area contributed by atoms with Crippen molar-refractivity contribution in [2.75, 3.05) is 16.4 Å². The Bertz CT molecular complexity index is 902. The summed E-state index contributed by atoms with van der Waals surface area (Å²) >= 11 is 2.83. The van der Waals surface area contributed by atoms with E-state index in [1.54, 1.807) is 0 Å². The zero-order chi connectivity index (χ0) is 19.2. The maximum Gasteiger partial charge on any atom is 0.234 e. The molecule has 5 nitrogen and oxygen atoms in total. The van der Waals surface area contributed by atoms with E-state index in [0.717, 1.165) is 38.4 Å². The van der Waals surface area contributed by atoms with Crippen LogP contribution in [0.4, 0.5) is 16.5 Å². The molecular weight excluding hydrogens is 376 g/mol. The standard InChI is InChI=1S/C20H22N4OS2/c1-4-15-5-7-16(8-6-15)22-19-23-24-20(27-19)26-12-18(25)21-17-10-13(2)9-14(3)11-17/h5-11H,4,12H2,1-3H3,(H,21,25)(H,22,23). The number of benzene rings is 2. The highest BCUT2D eigenvalue weighted by molar-refractivity contribution is 8.01. The third kappa shape index (κ3) is 5.80. The molecule has 0 unspecified atom stereocenters. The van der Waals surface area contributed by atoms with E-state index in [-0.39, 0.29) is 5.91 Å². The molecule has 140 valence electrons. The fraction of sp³-hybridized carbons (Fsp3) is 0.250. The number of aryl methyl sites for hydroxylation is 3. The Hall–Kier alpha value is -2.38. The van der Waals surface area contributed by atoms with Crippen molar-refractivity contribution in [2.24, 2.45) is 0 Å². The first-order chi connectivity index (χ1) is 13.0. The molecule has 0 aliphatic rings. The van der Waals surface area contributed by atoms with Crippen LogP contribution >= 0.6 is 23.1 Å². The Morgan fingerprint density at radius 2 is 1.74 bits per heavy atom. The van der Waals surface area contributed by atoms with Crippen LogP contribution in [-0.2, 0) is 11.2 Å². The van der Waals surface area contributed by atoms with Gasteiger partial charge in [-0.25, -0.2) is 0 Å². The van der Waals surface area contributed by atoms with Gasteiger partial charge in [0, 0.05) is 11.4 Å². The van der Waals surface area contributed by atoms with Crippen molar-refractivity contribution in [3.8, 4) is 0 Å². The van der Waals surface area contributed by atoms with Crippen LogP contribution in [0.15, 0.2) is 46.8 Å². The average molecular weight is 399 g/mol. The SMILES string of the molecule is CCc1ccc(Nc2nnc(SCC(=O)Nc3cc(C)cc(C)c3)s2)cc1. The van der Waals surface area contributed by atoms with E-state index < -0.39 is 0 Å². The van der Waals surface area contributed by atoms with E-state index in [0.29, 0.717) is 5.75 Å². The largest absolute Gasteiger partial charge is 0.330 e. The summed E-state index contributed by atoms with van der Waals surface area (Å²) in [6.45, 7) is 6.17. The highest BCUT2D eigenvalue weighted by atomic mass is 32.2. The summed E-state index contributed by atoms with van der Waals surface area (Å²) in [6.07, 6.45) is 1.02. The summed E-state index contributed by atoms with van der Waals surface area (Å²) in [5.74, 6) is 0.247. The van der Waals surface area contributed by atoms with E-state index >= 15 is 0 Å². The highest BCUT2D eigenvalue weighted by Crippen LogP contribution is 2.28. The minimum absolute atomic E-state index is 0.0511. The van der Waals surface area contributed by atoms with Gasteiger partial charge in [0.05, 0.1) is 5.75 Å². The second-order valence-electron chi connectivity index (χ2n) is 6.26. The highest BCUT2D eigenvalue weighted by Gasteiger charge is 2.09. The molecule has 0 aliphatic heterocycles. The van der Waals surface area contributed by atoms with Crippen molar-refractivity contribution in [1.82, 2.24) is 10.2 Å². The lowest BCUT2D eigenvalue weighted by molar-refractivity contribution is -0.113. The van der Waals surface area contributed by atoms with Gasteiger partial charge < -0.3 is 10.6 Å². The maximum absolute atomic E-state index is 12.2. The first-order valence-electron chi connectivity index (χ1n) is 8.72. The van der Waals surface area contributed by atoms with E-state index in [2.05, 4.69) is 46.0 Å². The normalized spacial score (nSPS) is 10.6. The van der Waals surface area contributed by atoms with E-state index in [4.69, 9.17) is 0 Å². The van der Waals surface area contributed by atoms with Gasteiger partial charge in [-0.3, -0.25) is 4.79 Å². The second kappa shape index (κ2) is 9.01. The second-order valence-corrected chi connectivity index (χ2v) is 8.46. The quantitative estimate of drug-likeness (QED) is 0.536. The van der Waals surface area contributed by atoms with Crippen LogP contribution in [0.1, 0.15) is 23.6 Å². The number of amides is 1. The molecule has 1 aromatic heterocycles. The molecule has 2 aromatic carbocycles. The Balaban J connectivity index is 1.51. The van der Waals surface area contributed by atoms with Crippen LogP contribution in [0, 0.1) is 13.8 Å².